The minimum Gasteiger partial charge on any atom is -0.457 e. The summed E-state index contributed by atoms with van der Waals surface area (Å²) in [5.41, 5.74) is 1.08. The predicted molar refractivity (Wildman–Crippen MR) is 101 cm³/mol. The topological polar surface area (TPSA) is 89.8 Å². The van der Waals surface area contributed by atoms with E-state index in [9.17, 15) is 5.26 Å². The van der Waals surface area contributed by atoms with Crippen LogP contribution in [0.3, 0.4) is 0 Å². The van der Waals surface area contributed by atoms with Crippen LogP contribution in [0.4, 0.5) is 0 Å². The summed E-state index contributed by atoms with van der Waals surface area (Å²) in [5.74, 6) is 1.75. The van der Waals surface area contributed by atoms with Crippen molar-refractivity contribution in [1.82, 2.24) is 0 Å². The first-order valence-electron chi connectivity index (χ1n) is 7.72. The van der Waals surface area contributed by atoms with Crippen molar-refractivity contribution in [1.29, 1.82) is 15.8 Å². The molecule has 0 unspecified atom stereocenters. The summed E-state index contributed by atoms with van der Waals surface area (Å²) in [6, 6.07) is 22.7. The zero-order valence-corrected chi connectivity index (χ0v) is 15.4. The molecule has 3 aromatic rings. The highest BCUT2D eigenvalue weighted by Gasteiger charge is 2.08. The van der Waals surface area contributed by atoms with Gasteiger partial charge in [-0.3, -0.25) is 0 Å². The molecule has 0 fully saturated rings. The number of nitriles is 3. The number of benzene rings is 3. The average molecular weight is 416 g/mol. The van der Waals surface area contributed by atoms with Crippen LogP contribution in [0.2, 0.25) is 0 Å². The van der Waals surface area contributed by atoms with Gasteiger partial charge < -0.3 is 9.47 Å². The lowest BCUT2D eigenvalue weighted by atomic mass is 10.1. The quantitative estimate of drug-likeness (QED) is 0.548. The molecule has 6 heteroatoms. The van der Waals surface area contributed by atoms with Crippen LogP contribution in [0, 0.1) is 34.0 Å². The number of hydrogen-bond donors (Lipinski definition) is 0. The molecule has 0 N–H and O–H groups in total. The molecule has 5 nitrogen and oxygen atoms in total. The minimum absolute atomic E-state index is 0.337. The monoisotopic (exact) mass is 415 g/mol. The second kappa shape index (κ2) is 8.06. The summed E-state index contributed by atoms with van der Waals surface area (Å²) in [5, 5.41) is 27.3. The number of halogens is 1. The van der Waals surface area contributed by atoms with Crippen LogP contribution in [0.1, 0.15) is 16.7 Å². The van der Waals surface area contributed by atoms with E-state index in [0.717, 1.165) is 4.47 Å². The van der Waals surface area contributed by atoms with E-state index in [1.165, 1.54) is 6.07 Å². The van der Waals surface area contributed by atoms with Crippen molar-refractivity contribution < 1.29 is 9.47 Å². The van der Waals surface area contributed by atoms with E-state index < -0.39 is 0 Å². The fraction of sp³-hybridized carbons (Fsp3) is 0. The number of hydrogen-bond acceptors (Lipinski definition) is 5. The Morgan fingerprint density at radius 3 is 1.96 bits per heavy atom. The van der Waals surface area contributed by atoms with E-state index in [0.29, 0.717) is 39.7 Å². The van der Waals surface area contributed by atoms with Gasteiger partial charge in [-0.05, 0) is 48.5 Å². The van der Waals surface area contributed by atoms with Crippen LogP contribution < -0.4 is 9.47 Å². The first-order chi connectivity index (χ1) is 13.1. The fourth-order valence-corrected chi connectivity index (χ4v) is 2.66. The molecule has 0 radical (unpaired) electrons. The third kappa shape index (κ3) is 4.44. The zero-order chi connectivity index (χ0) is 19.2. The molecule has 0 aliphatic carbocycles. The van der Waals surface area contributed by atoms with Crippen molar-refractivity contribution in [2.45, 2.75) is 0 Å². The molecule has 128 valence electrons. The molecule has 0 saturated carbocycles. The Morgan fingerprint density at radius 2 is 1.33 bits per heavy atom. The van der Waals surface area contributed by atoms with Crippen molar-refractivity contribution >= 4 is 15.9 Å². The highest BCUT2D eigenvalue weighted by Crippen LogP contribution is 2.32. The van der Waals surface area contributed by atoms with Crippen LogP contribution in [-0.4, -0.2) is 0 Å². The molecule has 27 heavy (non-hydrogen) atoms. The van der Waals surface area contributed by atoms with E-state index in [-0.39, 0.29) is 0 Å². The van der Waals surface area contributed by atoms with Gasteiger partial charge in [0.2, 0.25) is 0 Å². The summed E-state index contributed by atoms with van der Waals surface area (Å²) < 4.78 is 12.4. The Labute approximate surface area is 164 Å². The largest absolute Gasteiger partial charge is 0.457 e. The zero-order valence-electron chi connectivity index (χ0n) is 13.8. The maximum atomic E-state index is 9.21. The summed E-state index contributed by atoms with van der Waals surface area (Å²) in [4.78, 5) is 0. The van der Waals surface area contributed by atoms with Crippen molar-refractivity contribution in [2.24, 2.45) is 0 Å². The Hall–Kier alpha value is -3.79. The normalized spacial score (nSPS) is 9.56. The molecule has 0 aliphatic heterocycles. The van der Waals surface area contributed by atoms with Crippen LogP contribution in [0.15, 0.2) is 65.1 Å². The lowest BCUT2D eigenvalue weighted by molar-refractivity contribution is 0.459. The summed E-state index contributed by atoms with van der Waals surface area (Å²) in [6.07, 6.45) is 0. The second-order valence-electron chi connectivity index (χ2n) is 5.40. The molecule has 0 amide bonds. The van der Waals surface area contributed by atoms with Crippen LogP contribution >= 0.6 is 15.9 Å². The molecule has 0 aliphatic rings. The average Bonchev–Trinajstić information content (AvgIpc) is 2.68. The Bertz CT molecular complexity index is 1110. The minimum atomic E-state index is 0.337. The standard InChI is InChI=1S/C21H10BrN3O2/c22-17-5-4-16(13-25)21(9-17)27-19-3-1-2-18(10-19)26-20-7-14(11-23)6-15(8-20)12-24/h1-10H. The van der Waals surface area contributed by atoms with Crippen LogP contribution in [0.5, 0.6) is 23.0 Å². The van der Waals surface area contributed by atoms with Crippen molar-refractivity contribution in [3.63, 3.8) is 0 Å². The summed E-state index contributed by atoms with van der Waals surface area (Å²) in [7, 11) is 0. The van der Waals surface area contributed by atoms with Crippen molar-refractivity contribution in [3.05, 3.63) is 81.8 Å². The predicted octanol–water partition coefficient (Wildman–Crippen LogP) is 5.65. The van der Waals surface area contributed by atoms with Gasteiger partial charge in [-0.1, -0.05) is 22.0 Å². The second-order valence-corrected chi connectivity index (χ2v) is 6.32. The highest BCUT2D eigenvalue weighted by atomic mass is 79.9. The van der Waals surface area contributed by atoms with Gasteiger partial charge in [-0.25, -0.2) is 0 Å². The molecular weight excluding hydrogens is 406 g/mol. The summed E-state index contributed by atoms with van der Waals surface area (Å²) >= 11 is 3.36. The number of ether oxygens (including phenoxy) is 2. The van der Waals surface area contributed by atoms with Gasteiger partial charge in [-0.15, -0.1) is 0 Å². The highest BCUT2D eigenvalue weighted by molar-refractivity contribution is 9.10. The molecule has 0 heterocycles. The van der Waals surface area contributed by atoms with Crippen molar-refractivity contribution in [2.75, 3.05) is 0 Å². The SMILES string of the molecule is N#Cc1cc(C#N)cc(Oc2cccc(Oc3cc(Br)ccc3C#N)c2)c1. The van der Waals surface area contributed by atoms with Gasteiger partial charge in [0.1, 0.15) is 29.1 Å². The lowest BCUT2D eigenvalue weighted by Gasteiger charge is -2.11. The number of nitrogens with zero attached hydrogens (tertiary/aromatic N) is 3. The lowest BCUT2D eigenvalue weighted by Crippen LogP contribution is -1.91. The van der Waals surface area contributed by atoms with Gasteiger partial charge in [-0.2, -0.15) is 15.8 Å². The molecule has 0 aromatic heterocycles. The molecule has 0 saturated heterocycles. The molecule has 0 spiro atoms. The fourth-order valence-electron chi connectivity index (χ4n) is 2.32. The maximum absolute atomic E-state index is 9.21. The maximum Gasteiger partial charge on any atom is 0.146 e. The molecule has 3 aromatic carbocycles. The first-order valence-corrected chi connectivity index (χ1v) is 8.51. The smallest absolute Gasteiger partial charge is 0.146 e. The number of rotatable bonds is 4. The van der Waals surface area contributed by atoms with Gasteiger partial charge in [0.25, 0.3) is 0 Å². The Morgan fingerprint density at radius 1 is 0.667 bits per heavy atom. The van der Waals surface area contributed by atoms with Crippen LogP contribution in [-0.2, 0) is 0 Å². The van der Waals surface area contributed by atoms with E-state index in [4.69, 9.17) is 20.0 Å². The Kier molecular flexibility index (Phi) is 5.38. The Balaban J connectivity index is 1.87. The van der Waals surface area contributed by atoms with E-state index >= 15 is 0 Å². The van der Waals surface area contributed by atoms with Crippen LogP contribution in [0.25, 0.3) is 0 Å². The molecular formula is C21H10BrN3O2. The van der Waals surface area contributed by atoms with E-state index in [1.54, 1.807) is 54.6 Å². The van der Waals surface area contributed by atoms with Gasteiger partial charge >= 0.3 is 0 Å². The van der Waals surface area contributed by atoms with Crippen molar-refractivity contribution in [3.8, 4) is 41.2 Å². The van der Waals surface area contributed by atoms with Gasteiger partial charge in [0.05, 0.1) is 28.8 Å². The third-order valence-electron chi connectivity index (χ3n) is 3.50. The molecule has 0 atom stereocenters. The van der Waals surface area contributed by atoms with Gasteiger partial charge in [0, 0.05) is 10.5 Å². The molecule has 0 bridgehead atoms. The summed E-state index contributed by atoms with van der Waals surface area (Å²) in [6.45, 7) is 0. The van der Waals surface area contributed by atoms with E-state index in [2.05, 4.69) is 22.0 Å². The van der Waals surface area contributed by atoms with E-state index in [1.807, 2.05) is 12.1 Å². The first kappa shape index (κ1) is 18.0. The third-order valence-corrected chi connectivity index (χ3v) is 3.99. The van der Waals surface area contributed by atoms with Gasteiger partial charge in [0.15, 0.2) is 0 Å². The molecule has 3 rings (SSSR count).